The maximum atomic E-state index is 13.0. The second-order valence-corrected chi connectivity index (χ2v) is 8.57. The van der Waals surface area contributed by atoms with Gasteiger partial charge in [0.2, 0.25) is 5.88 Å². The first-order valence-electron chi connectivity index (χ1n) is 11.0. The van der Waals surface area contributed by atoms with Crippen LogP contribution in [-0.2, 0) is 11.0 Å². The molecule has 2 aromatic heterocycles. The van der Waals surface area contributed by atoms with Crippen LogP contribution in [0.15, 0.2) is 43.0 Å². The molecule has 1 saturated heterocycles. The minimum absolute atomic E-state index is 0.0611. The van der Waals surface area contributed by atoms with Crippen molar-refractivity contribution in [3.8, 4) is 5.88 Å². The van der Waals surface area contributed by atoms with Crippen LogP contribution in [-0.4, -0.2) is 50.5 Å². The monoisotopic (exact) mass is 486 g/mol. The van der Waals surface area contributed by atoms with Crippen molar-refractivity contribution in [3.05, 3.63) is 48.5 Å². The number of benzene rings is 1. The minimum atomic E-state index is -4.60. The number of hydrogen-bond acceptors (Lipinski definition) is 7. The number of fused-ring (bicyclic) bond motifs is 1. The Morgan fingerprint density at radius 3 is 2.54 bits per heavy atom. The molecular formula is C23H21F3N6O3. The van der Waals surface area contributed by atoms with E-state index in [9.17, 15) is 22.8 Å². The summed E-state index contributed by atoms with van der Waals surface area (Å²) in [5.74, 6) is -0.00819. The largest absolute Gasteiger partial charge is 0.474 e. The summed E-state index contributed by atoms with van der Waals surface area (Å²) in [4.78, 5) is 39.9. The molecule has 2 N–H and O–H groups in total. The predicted octanol–water partition coefficient (Wildman–Crippen LogP) is 3.78. The summed E-state index contributed by atoms with van der Waals surface area (Å²) in [6.45, 7) is -0.325. The molecule has 0 atom stereocenters. The number of nitrogens with zero attached hydrogens (tertiary/aromatic N) is 5. The van der Waals surface area contributed by atoms with E-state index in [1.165, 1.54) is 6.33 Å². The number of nitrogens with two attached hydrogens (primary N) is 1. The second-order valence-electron chi connectivity index (χ2n) is 8.57. The van der Waals surface area contributed by atoms with Gasteiger partial charge in [-0.05, 0) is 49.9 Å². The summed E-state index contributed by atoms with van der Waals surface area (Å²) in [5, 5.41) is 0.735. The van der Waals surface area contributed by atoms with Gasteiger partial charge in [0, 0.05) is 17.9 Å². The molecule has 35 heavy (non-hydrogen) atoms. The minimum Gasteiger partial charge on any atom is -0.474 e. The number of ether oxygens (including phenoxy) is 1. The number of halogens is 3. The number of amides is 3. The van der Waals surface area contributed by atoms with Gasteiger partial charge < -0.3 is 10.5 Å². The first kappa shape index (κ1) is 22.8. The molecule has 2 aliphatic rings. The average molecular weight is 486 g/mol. The van der Waals surface area contributed by atoms with Crippen molar-refractivity contribution >= 4 is 34.2 Å². The number of aromatic nitrogens is 3. The molecule has 3 amide bonds. The SMILES string of the molecule is Nc1ccc2c(O[C@H]3CC[C@H](N4C(=O)CN(c5cncc(C(F)(F)F)c5)C4=O)CC3)ncnc2c1. The van der Waals surface area contributed by atoms with Crippen LogP contribution in [0.25, 0.3) is 10.9 Å². The number of rotatable bonds is 4. The fourth-order valence-corrected chi connectivity index (χ4v) is 4.53. The maximum Gasteiger partial charge on any atom is 0.417 e. The van der Waals surface area contributed by atoms with Crippen molar-refractivity contribution in [1.29, 1.82) is 0 Å². The van der Waals surface area contributed by atoms with Crippen LogP contribution in [0, 0.1) is 0 Å². The Labute approximate surface area is 197 Å². The normalized spacial score (nSPS) is 21.1. The molecule has 0 radical (unpaired) electrons. The molecule has 1 saturated carbocycles. The molecule has 1 aromatic carbocycles. The van der Waals surface area contributed by atoms with Gasteiger partial charge >= 0.3 is 12.2 Å². The number of carbonyl (C=O) groups excluding carboxylic acids is 2. The highest BCUT2D eigenvalue weighted by Crippen LogP contribution is 2.34. The zero-order valence-electron chi connectivity index (χ0n) is 18.4. The molecule has 12 heteroatoms. The van der Waals surface area contributed by atoms with Crippen LogP contribution in [0.1, 0.15) is 31.2 Å². The molecule has 5 rings (SSSR count). The summed E-state index contributed by atoms with van der Waals surface area (Å²) in [6.07, 6.45) is 0.630. The molecule has 0 unspecified atom stereocenters. The lowest BCUT2D eigenvalue weighted by molar-refractivity contribution is -0.137. The smallest absolute Gasteiger partial charge is 0.417 e. The summed E-state index contributed by atoms with van der Waals surface area (Å²) < 4.78 is 45.2. The lowest BCUT2D eigenvalue weighted by Crippen LogP contribution is -2.44. The van der Waals surface area contributed by atoms with E-state index < -0.39 is 23.7 Å². The summed E-state index contributed by atoms with van der Waals surface area (Å²) >= 11 is 0. The Hall–Kier alpha value is -3.96. The molecule has 9 nitrogen and oxygen atoms in total. The number of nitrogen functional groups attached to an aromatic ring is 1. The third-order valence-electron chi connectivity index (χ3n) is 6.27. The fraction of sp³-hybridized carbons (Fsp3) is 0.348. The lowest BCUT2D eigenvalue weighted by Gasteiger charge is -2.33. The van der Waals surface area contributed by atoms with E-state index in [2.05, 4.69) is 15.0 Å². The van der Waals surface area contributed by atoms with Gasteiger partial charge in [0.05, 0.1) is 28.4 Å². The molecule has 3 heterocycles. The topological polar surface area (TPSA) is 115 Å². The third-order valence-corrected chi connectivity index (χ3v) is 6.27. The van der Waals surface area contributed by atoms with E-state index in [0.717, 1.165) is 27.4 Å². The van der Waals surface area contributed by atoms with Gasteiger partial charge in [0.15, 0.2) is 0 Å². The summed E-state index contributed by atoms with van der Waals surface area (Å²) in [6, 6.07) is 5.10. The van der Waals surface area contributed by atoms with Gasteiger partial charge in [-0.25, -0.2) is 14.8 Å². The molecular weight excluding hydrogens is 465 g/mol. The van der Waals surface area contributed by atoms with Gasteiger partial charge in [-0.1, -0.05) is 0 Å². The molecule has 0 spiro atoms. The van der Waals surface area contributed by atoms with Crippen LogP contribution >= 0.6 is 0 Å². The van der Waals surface area contributed by atoms with E-state index in [4.69, 9.17) is 10.5 Å². The van der Waals surface area contributed by atoms with Crippen LogP contribution in [0.2, 0.25) is 0 Å². The number of urea groups is 1. The fourth-order valence-electron chi connectivity index (χ4n) is 4.53. The number of alkyl halides is 3. The van der Waals surface area contributed by atoms with Gasteiger partial charge in [-0.3, -0.25) is 19.6 Å². The number of pyridine rings is 1. The van der Waals surface area contributed by atoms with E-state index in [-0.39, 0.29) is 24.4 Å². The number of anilines is 2. The molecule has 1 aliphatic heterocycles. The lowest BCUT2D eigenvalue weighted by atomic mass is 9.92. The first-order valence-corrected chi connectivity index (χ1v) is 11.0. The van der Waals surface area contributed by atoms with Crippen molar-refractivity contribution in [3.63, 3.8) is 0 Å². The Morgan fingerprint density at radius 1 is 1.03 bits per heavy atom. The highest BCUT2D eigenvalue weighted by Gasteiger charge is 2.43. The number of hydrogen-bond donors (Lipinski definition) is 1. The molecule has 3 aromatic rings. The van der Waals surface area contributed by atoms with Crippen molar-refractivity contribution in [2.75, 3.05) is 17.2 Å². The Bertz CT molecular complexity index is 1290. The Morgan fingerprint density at radius 2 is 1.80 bits per heavy atom. The van der Waals surface area contributed by atoms with E-state index in [0.29, 0.717) is 49.0 Å². The predicted molar refractivity (Wildman–Crippen MR) is 119 cm³/mol. The van der Waals surface area contributed by atoms with E-state index >= 15 is 0 Å². The van der Waals surface area contributed by atoms with Crippen molar-refractivity contribution < 1.29 is 27.5 Å². The average Bonchev–Trinajstić information content (AvgIpc) is 3.13. The van der Waals surface area contributed by atoms with Gasteiger partial charge in [-0.15, -0.1) is 0 Å². The van der Waals surface area contributed by atoms with Gasteiger partial charge in [0.25, 0.3) is 5.91 Å². The molecule has 182 valence electrons. The van der Waals surface area contributed by atoms with Crippen LogP contribution in [0.5, 0.6) is 5.88 Å². The van der Waals surface area contributed by atoms with Gasteiger partial charge in [0.1, 0.15) is 19.0 Å². The zero-order chi connectivity index (χ0) is 24.7. The zero-order valence-corrected chi connectivity index (χ0v) is 18.4. The van der Waals surface area contributed by atoms with E-state index in [1.807, 2.05) is 0 Å². The van der Waals surface area contributed by atoms with Crippen molar-refractivity contribution in [1.82, 2.24) is 19.9 Å². The summed E-state index contributed by atoms with van der Waals surface area (Å²) in [7, 11) is 0. The number of carbonyl (C=O) groups is 2. The molecule has 0 bridgehead atoms. The highest BCUT2D eigenvalue weighted by molar-refractivity contribution is 6.12. The second kappa shape index (κ2) is 8.67. The van der Waals surface area contributed by atoms with Gasteiger partial charge in [-0.2, -0.15) is 13.2 Å². The van der Waals surface area contributed by atoms with Crippen molar-refractivity contribution in [2.24, 2.45) is 0 Å². The Balaban J connectivity index is 1.25. The van der Waals surface area contributed by atoms with Crippen LogP contribution in [0.4, 0.5) is 29.3 Å². The quantitative estimate of drug-likeness (QED) is 0.441. The Kier molecular flexibility index (Phi) is 5.65. The van der Waals surface area contributed by atoms with E-state index in [1.54, 1.807) is 18.2 Å². The van der Waals surface area contributed by atoms with Crippen LogP contribution in [0.3, 0.4) is 0 Å². The first-order chi connectivity index (χ1) is 16.7. The summed E-state index contributed by atoms with van der Waals surface area (Å²) in [5.41, 5.74) is 6.02. The molecule has 1 aliphatic carbocycles. The standard InChI is InChI=1S/C23H21F3N6O3/c24-23(25,26)13-7-16(10-28-9-13)31-11-20(33)32(22(31)34)15-2-4-17(5-3-15)35-21-18-6-1-14(27)8-19(18)29-12-30-21/h1,6-10,12,15,17H,2-5,11,27H2/t15-,17-. The van der Waals surface area contributed by atoms with Crippen molar-refractivity contribution in [2.45, 2.75) is 44.0 Å². The number of imide groups is 1. The van der Waals surface area contributed by atoms with Crippen LogP contribution < -0.4 is 15.4 Å². The highest BCUT2D eigenvalue weighted by atomic mass is 19.4. The third kappa shape index (κ3) is 4.43. The molecule has 2 fully saturated rings. The maximum absolute atomic E-state index is 13.0.